The monoisotopic (exact) mass is 267 g/mol. The summed E-state index contributed by atoms with van der Waals surface area (Å²) in [4.78, 5) is 22.3. The van der Waals surface area contributed by atoms with Crippen molar-refractivity contribution in [3.8, 4) is 5.75 Å². The maximum absolute atomic E-state index is 11.6. The second kappa shape index (κ2) is 7.38. The Hall–Kier alpha value is -2.08. The van der Waals surface area contributed by atoms with Crippen LogP contribution in [0.4, 0.5) is 0 Å². The second-order valence-electron chi connectivity index (χ2n) is 3.87. The molecule has 0 spiro atoms. The normalized spacial score (nSPS) is 11.7. The summed E-state index contributed by atoms with van der Waals surface area (Å²) in [6, 6.07) is 5.88. The van der Waals surface area contributed by atoms with Crippen LogP contribution in [0.25, 0.3) is 0 Å². The molecule has 0 saturated carbocycles. The Labute approximate surface area is 111 Å². The van der Waals surface area contributed by atoms with Crippen molar-refractivity contribution in [1.29, 1.82) is 0 Å². The first kappa shape index (κ1) is 15.0. The minimum atomic E-state index is -1.00. The van der Waals surface area contributed by atoms with Crippen LogP contribution in [-0.2, 0) is 9.53 Å². The fourth-order valence-corrected chi connectivity index (χ4v) is 1.35. The van der Waals surface area contributed by atoms with Crippen molar-refractivity contribution < 1.29 is 24.2 Å². The molecule has 0 heterocycles. The van der Waals surface area contributed by atoms with E-state index >= 15 is 0 Å². The van der Waals surface area contributed by atoms with Gasteiger partial charge in [0.2, 0.25) is 0 Å². The third-order valence-corrected chi connectivity index (χ3v) is 2.39. The summed E-state index contributed by atoms with van der Waals surface area (Å²) in [5.74, 6) is -0.810. The molecular formula is C13H17NO5. The Morgan fingerprint density at radius 2 is 1.95 bits per heavy atom. The molecule has 2 N–H and O–H groups in total. The number of carboxylic acids is 1. The highest BCUT2D eigenvalue weighted by Gasteiger charge is 2.14. The number of carbonyl (C=O) groups is 2. The molecule has 0 aliphatic carbocycles. The Bertz CT molecular complexity index is 429. The largest absolute Gasteiger partial charge is 0.481 e. The number of amides is 1. The van der Waals surface area contributed by atoms with E-state index in [2.05, 4.69) is 5.32 Å². The second-order valence-corrected chi connectivity index (χ2v) is 3.87. The quantitative estimate of drug-likeness (QED) is 0.717. The molecule has 6 heteroatoms. The Morgan fingerprint density at radius 3 is 2.47 bits per heavy atom. The molecule has 0 saturated heterocycles. The van der Waals surface area contributed by atoms with Crippen LogP contribution in [0.3, 0.4) is 0 Å². The first-order valence-electron chi connectivity index (χ1n) is 5.81. The molecule has 0 fully saturated rings. The van der Waals surface area contributed by atoms with E-state index < -0.39 is 12.1 Å². The zero-order valence-electron chi connectivity index (χ0n) is 10.9. The number of carboxylic acid groups (broad SMARTS) is 1. The van der Waals surface area contributed by atoms with Gasteiger partial charge in [-0.15, -0.1) is 0 Å². The smallest absolute Gasteiger partial charge is 0.335 e. The predicted molar refractivity (Wildman–Crippen MR) is 68.4 cm³/mol. The van der Waals surface area contributed by atoms with Gasteiger partial charge in [0.25, 0.3) is 5.91 Å². The van der Waals surface area contributed by atoms with Crippen LogP contribution in [-0.4, -0.2) is 43.3 Å². The molecular weight excluding hydrogens is 250 g/mol. The van der Waals surface area contributed by atoms with E-state index in [0.717, 1.165) is 0 Å². The highest BCUT2D eigenvalue weighted by atomic mass is 16.5. The summed E-state index contributed by atoms with van der Waals surface area (Å²) in [6.07, 6.45) is -0.660. The highest BCUT2D eigenvalue weighted by molar-refractivity contribution is 5.87. The first-order chi connectivity index (χ1) is 9.04. The standard InChI is InChI=1S/C13H17NO5/c1-9(12(15)14-7-8-18-2)19-11-5-3-10(4-6-11)13(16)17/h3-6,9H,7-8H2,1-2H3,(H,14,15)(H,16,17)/t9-/m1/s1. The first-order valence-corrected chi connectivity index (χ1v) is 5.81. The van der Waals surface area contributed by atoms with Gasteiger partial charge in [-0.3, -0.25) is 4.79 Å². The molecule has 1 atom stereocenters. The van der Waals surface area contributed by atoms with Crippen molar-refractivity contribution in [1.82, 2.24) is 5.32 Å². The van der Waals surface area contributed by atoms with Crippen LogP contribution >= 0.6 is 0 Å². The van der Waals surface area contributed by atoms with Crippen molar-refractivity contribution in [2.24, 2.45) is 0 Å². The summed E-state index contributed by atoms with van der Waals surface area (Å²) >= 11 is 0. The Balaban J connectivity index is 2.49. The predicted octanol–water partition coefficient (Wildman–Crippen LogP) is 0.915. The third-order valence-electron chi connectivity index (χ3n) is 2.39. The molecule has 0 radical (unpaired) electrons. The lowest BCUT2D eigenvalue weighted by atomic mass is 10.2. The number of methoxy groups -OCH3 is 1. The maximum Gasteiger partial charge on any atom is 0.335 e. The lowest BCUT2D eigenvalue weighted by molar-refractivity contribution is -0.127. The molecule has 6 nitrogen and oxygen atoms in total. The van der Waals surface area contributed by atoms with Gasteiger partial charge < -0.3 is 19.9 Å². The van der Waals surface area contributed by atoms with E-state index in [1.165, 1.54) is 24.3 Å². The van der Waals surface area contributed by atoms with Crippen molar-refractivity contribution in [3.63, 3.8) is 0 Å². The van der Waals surface area contributed by atoms with Crippen molar-refractivity contribution >= 4 is 11.9 Å². The fraction of sp³-hybridized carbons (Fsp3) is 0.385. The van der Waals surface area contributed by atoms with Crippen LogP contribution in [0.2, 0.25) is 0 Å². The summed E-state index contributed by atoms with van der Waals surface area (Å²) in [5, 5.41) is 11.4. The molecule has 0 aliphatic rings. The molecule has 0 aliphatic heterocycles. The number of hydrogen-bond donors (Lipinski definition) is 2. The van der Waals surface area contributed by atoms with Gasteiger partial charge in [0, 0.05) is 13.7 Å². The van der Waals surface area contributed by atoms with E-state index in [4.69, 9.17) is 14.6 Å². The van der Waals surface area contributed by atoms with E-state index in [-0.39, 0.29) is 11.5 Å². The van der Waals surface area contributed by atoms with Gasteiger partial charge >= 0.3 is 5.97 Å². The fourth-order valence-electron chi connectivity index (χ4n) is 1.35. The Kier molecular flexibility index (Phi) is 5.81. The van der Waals surface area contributed by atoms with Crippen molar-refractivity contribution in [3.05, 3.63) is 29.8 Å². The van der Waals surface area contributed by atoms with Gasteiger partial charge in [-0.05, 0) is 31.2 Å². The SMILES string of the molecule is COCCNC(=O)[C@@H](C)Oc1ccc(C(=O)O)cc1. The van der Waals surface area contributed by atoms with Gasteiger partial charge in [0.05, 0.1) is 12.2 Å². The van der Waals surface area contributed by atoms with Gasteiger partial charge in [0.1, 0.15) is 5.75 Å². The van der Waals surface area contributed by atoms with Gasteiger partial charge in [-0.2, -0.15) is 0 Å². The summed E-state index contributed by atoms with van der Waals surface area (Å²) in [7, 11) is 1.55. The van der Waals surface area contributed by atoms with Crippen LogP contribution in [0.15, 0.2) is 24.3 Å². The van der Waals surface area contributed by atoms with Crippen molar-refractivity contribution in [2.75, 3.05) is 20.3 Å². The molecule has 0 aromatic heterocycles. The van der Waals surface area contributed by atoms with Gasteiger partial charge in [0.15, 0.2) is 6.10 Å². The highest BCUT2D eigenvalue weighted by Crippen LogP contribution is 2.13. The van der Waals surface area contributed by atoms with E-state index in [9.17, 15) is 9.59 Å². The molecule has 1 amide bonds. The molecule has 1 aromatic rings. The van der Waals surface area contributed by atoms with Crippen LogP contribution in [0, 0.1) is 0 Å². The van der Waals surface area contributed by atoms with Crippen LogP contribution in [0.5, 0.6) is 5.75 Å². The summed E-state index contributed by atoms with van der Waals surface area (Å²) < 4.78 is 10.2. The number of ether oxygens (including phenoxy) is 2. The zero-order chi connectivity index (χ0) is 14.3. The summed E-state index contributed by atoms with van der Waals surface area (Å²) in [6.45, 7) is 2.47. The molecule has 104 valence electrons. The van der Waals surface area contributed by atoms with E-state index in [1.807, 2.05) is 0 Å². The average Bonchev–Trinajstić information content (AvgIpc) is 2.39. The topological polar surface area (TPSA) is 84.9 Å². The number of carbonyl (C=O) groups excluding carboxylic acids is 1. The maximum atomic E-state index is 11.6. The molecule has 1 aromatic carbocycles. The number of hydrogen-bond acceptors (Lipinski definition) is 4. The third kappa shape index (κ3) is 4.97. The molecule has 0 unspecified atom stereocenters. The number of rotatable bonds is 7. The average molecular weight is 267 g/mol. The zero-order valence-corrected chi connectivity index (χ0v) is 10.9. The number of benzene rings is 1. The van der Waals surface area contributed by atoms with Crippen LogP contribution in [0.1, 0.15) is 17.3 Å². The molecule has 0 bridgehead atoms. The van der Waals surface area contributed by atoms with Crippen LogP contribution < -0.4 is 10.1 Å². The lowest BCUT2D eigenvalue weighted by Crippen LogP contribution is -2.37. The van der Waals surface area contributed by atoms with Gasteiger partial charge in [-0.1, -0.05) is 0 Å². The van der Waals surface area contributed by atoms with Crippen molar-refractivity contribution in [2.45, 2.75) is 13.0 Å². The number of aromatic carboxylic acids is 1. The van der Waals surface area contributed by atoms with E-state index in [0.29, 0.717) is 18.9 Å². The Morgan fingerprint density at radius 1 is 1.32 bits per heavy atom. The summed E-state index contributed by atoms with van der Waals surface area (Å²) in [5.41, 5.74) is 0.171. The minimum Gasteiger partial charge on any atom is -0.481 e. The number of nitrogens with one attached hydrogen (secondary N) is 1. The molecule has 19 heavy (non-hydrogen) atoms. The minimum absolute atomic E-state index is 0.171. The van der Waals surface area contributed by atoms with Gasteiger partial charge in [-0.25, -0.2) is 4.79 Å². The molecule has 1 rings (SSSR count). The van der Waals surface area contributed by atoms with E-state index in [1.54, 1.807) is 14.0 Å². The lowest BCUT2D eigenvalue weighted by Gasteiger charge is -2.14.